The van der Waals surface area contributed by atoms with Crippen LogP contribution in [0.1, 0.15) is 38.8 Å². The summed E-state index contributed by atoms with van der Waals surface area (Å²) >= 11 is 0. The summed E-state index contributed by atoms with van der Waals surface area (Å²) in [5.41, 5.74) is 1.89. The summed E-state index contributed by atoms with van der Waals surface area (Å²) in [5.74, 6) is 0.440. The summed E-state index contributed by atoms with van der Waals surface area (Å²) in [6.07, 6.45) is -0.567. The van der Waals surface area contributed by atoms with E-state index in [4.69, 9.17) is 9.73 Å². The normalized spacial score (nSPS) is 25.2. The van der Waals surface area contributed by atoms with Gasteiger partial charge in [0.25, 0.3) is 0 Å². The highest BCUT2D eigenvalue weighted by molar-refractivity contribution is 6.20. The maximum atomic E-state index is 13.7. The van der Waals surface area contributed by atoms with Crippen molar-refractivity contribution in [2.45, 2.75) is 46.4 Å². The summed E-state index contributed by atoms with van der Waals surface area (Å²) in [5, 5.41) is 0. The number of anilines is 2. The van der Waals surface area contributed by atoms with Gasteiger partial charge in [0.1, 0.15) is 5.41 Å². The molecule has 2 saturated heterocycles. The number of nitrogens with zero attached hydrogens (tertiary/aromatic N) is 3. The van der Waals surface area contributed by atoms with Crippen LogP contribution >= 0.6 is 0 Å². The molecule has 3 heterocycles. The molecule has 1 spiro atoms. The zero-order valence-electron chi connectivity index (χ0n) is 21.1. The van der Waals surface area contributed by atoms with E-state index in [0.717, 1.165) is 28.2 Å². The number of rotatable bonds is 3. The van der Waals surface area contributed by atoms with Crippen molar-refractivity contribution in [1.29, 1.82) is 0 Å². The van der Waals surface area contributed by atoms with Gasteiger partial charge in [0.2, 0.25) is 17.7 Å². The SMILES string of the molecule is Cc1ccc2c(c1)[C@]1(C(O[C@@H]3N(c4ccccc4)C(=O)C3(C)C)=N2)N(c2ccccc2)C(=O)C1(C)C. The van der Waals surface area contributed by atoms with E-state index in [-0.39, 0.29) is 11.8 Å². The molecule has 6 heteroatoms. The molecular weight excluding hydrogens is 450 g/mol. The van der Waals surface area contributed by atoms with Crippen LogP contribution in [0.25, 0.3) is 0 Å². The quantitative estimate of drug-likeness (QED) is 0.451. The average molecular weight is 480 g/mol. The molecule has 3 aliphatic heterocycles. The van der Waals surface area contributed by atoms with E-state index in [0.29, 0.717) is 5.90 Å². The van der Waals surface area contributed by atoms with Gasteiger partial charge < -0.3 is 4.74 Å². The summed E-state index contributed by atoms with van der Waals surface area (Å²) in [6, 6.07) is 25.3. The van der Waals surface area contributed by atoms with Crippen LogP contribution in [0.3, 0.4) is 0 Å². The number of carbonyl (C=O) groups is 2. The summed E-state index contributed by atoms with van der Waals surface area (Å²) in [7, 11) is 0. The van der Waals surface area contributed by atoms with Crippen molar-refractivity contribution >= 4 is 34.8 Å². The Kier molecular flexibility index (Phi) is 4.56. The molecule has 0 unspecified atom stereocenters. The molecule has 6 nitrogen and oxygen atoms in total. The van der Waals surface area contributed by atoms with Gasteiger partial charge in [-0.15, -0.1) is 0 Å². The van der Waals surface area contributed by atoms with Crippen LogP contribution in [0.4, 0.5) is 17.1 Å². The first-order chi connectivity index (χ1) is 17.1. The first kappa shape index (κ1) is 22.5. The second kappa shape index (κ2) is 7.29. The van der Waals surface area contributed by atoms with E-state index in [1.165, 1.54) is 0 Å². The third-order valence-electron chi connectivity index (χ3n) is 7.94. The number of benzene rings is 3. The van der Waals surface area contributed by atoms with E-state index in [1.807, 2.05) is 112 Å². The van der Waals surface area contributed by atoms with E-state index in [1.54, 1.807) is 4.90 Å². The number of β-lactam (4-membered cyclic amide) rings is 2. The highest BCUT2D eigenvalue weighted by Gasteiger charge is 2.74. The molecule has 2 amide bonds. The third kappa shape index (κ3) is 2.64. The molecule has 0 saturated carbocycles. The lowest BCUT2D eigenvalue weighted by Gasteiger charge is -2.62. The predicted octanol–water partition coefficient (Wildman–Crippen LogP) is 5.72. The van der Waals surface area contributed by atoms with Gasteiger partial charge in [-0.25, -0.2) is 4.99 Å². The van der Waals surface area contributed by atoms with Gasteiger partial charge in [0.15, 0.2) is 11.8 Å². The monoisotopic (exact) mass is 479 g/mol. The zero-order chi connectivity index (χ0) is 25.5. The second-order valence-corrected chi connectivity index (χ2v) is 11.0. The molecule has 0 radical (unpaired) electrons. The second-order valence-electron chi connectivity index (χ2n) is 11.0. The number of hydrogen-bond donors (Lipinski definition) is 0. The maximum Gasteiger partial charge on any atom is 0.241 e. The molecule has 0 aliphatic carbocycles. The van der Waals surface area contributed by atoms with Gasteiger partial charge in [0, 0.05) is 16.9 Å². The van der Waals surface area contributed by atoms with Gasteiger partial charge in [0.05, 0.1) is 11.1 Å². The summed E-state index contributed by atoms with van der Waals surface area (Å²) in [4.78, 5) is 35.3. The van der Waals surface area contributed by atoms with E-state index < -0.39 is 22.6 Å². The Labute approximate surface area is 211 Å². The molecule has 2 atom stereocenters. The highest BCUT2D eigenvalue weighted by atomic mass is 16.5. The van der Waals surface area contributed by atoms with Crippen molar-refractivity contribution < 1.29 is 14.3 Å². The van der Waals surface area contributed by atoms with E-state index >= 15 is 0 Å². The molecule has 0 bridgehead atoms. The van der Waals surface area contributed by atoms with Crippen LogP contribution in [0.5, 0.6) is 0 Å². The van der Waals surface area contributed by atoms with Crippen LogP contribution in [-0.2, 0) is 19.9 Å². The molecular formula is C30H29N3O3. The Hall–Kier alpha value is -3.93. The summed E-state index contributed by atoms with van der Waals surface area (Å²) in [6.45, 7) is 9.74. The molecule has 0 aromatic heterocycles. The minimum absolute atomic E-state index is 0.00298. The largest absolute Gasteiger partial charge is 0.453 e. The Balaban J connectivity index is 1.51. The van der Waals surface area contributed by atoms with Crippen molar-refractivity contribution in [3.63, 3.8) is 0 Å². The van der Waals surface area contributed by atoms with Crippen LogP contribution in [0.15, 0.2) is 83.9 Å². The van der Waals surface area contributed by atoms with Crippen LogP contribution in [-0.4, -0.2) is 23.9 Å². The fourth-order valence-electron chi connectivity index (χ4n) is 5.90. The standard InChI is InChI=1S/C30H29N3O3/c1-19-16-17-23-22(18-19)30(29(4,5)26(35)33(30)21-14-10-7-11-15-21)24(31-23)36-27-28(2,3)25(34)32(27)20-12-8-6-9-13-20/h6-18,27H,1-5H3/t27-,30+/m0/s1. The number of aryl methyl sites for hydroxylation is 1. The van der Waals surface area contributed by atoms with Gasteiger partial charge >= 0.3 is 0 Å². The number of aliphatic imine (C=N–C) groups is 1. The smallest absolute Gasteiger partial charge is 0.241 e. The molecule has 0 N–H and O–H groups in total. The fraction of sp³-hybridized carbons (Fsp3) is 0.300. The molecule has 3 aromatic rings. The predicted molar refractivity (Wildman–Crippen MR) is 140 cm³/mol. The molecule has 2 fully saturated rings. The molecule has 6 rings (SSSR count). The number of hydrogen-bond acceptors (Lipinski definition) is 4. The van der Waals surface area contributed by atoms with Crippen molar-refractivity contribution in [3.05, 3.63) is 90.0 Å². The zero-order valence-corrected chi connectivity index (χ0v) is 21.1. The average Bonchev–Trinajstić information content (AvgIpc) is 3.20. The van der Waals surface area contributed by atoms with Crippen LogP contribution in [0.2, 0.25) is 0 Å². The van der Waals surface area contributed by atoms with Gasteiger partial charge in [-0.3, -0.25) is 19.4 Å². The number of amides is 2. The van der Waals surface area contributed by atoms with Crippen molar-refractivity contribution in [3.8, 4) is 0 Å². The Morgan fingerprint density at radius 1 is 0.806 bits per heavy atom. The Morgan fingerprint density at radius 3 is 2.06 bits per heavy atom. The van der Waals surface area contributed by atoms with Gasteiger partial charge in [-0.05, 0) is 65.0 Å². The number of fused-ring (bicyclic) bond motifs is 2. The molecule has 3 aliphatic rings. The van der Waals surface area contributed by atoms with Crippen molar-refractivity contribution in [2.75, 3.05) is 9.80 Å². The lowest BCUT2D eigenvalue weighted by Crippen LogP contribution is -2.78. The van der Waals surface area contributed by atoms with E-state index in [2.05, 4.69) is 6.07 Å². The minimum Gasteiger partial charge on any atom is -0.453 e. The minimum atomic E-state index is -0.927. The molecule has 182 valence electrons. The van der Waals surface area contributed by atoms with Crippen LogP contribution in [0, 0.1) is 17.8 Å². The Morgan fingerprint density at radius 2 is 1.42 bits per heavy atom. The maximum absolute atomic E-state index is 13.7. The lowest BCUT2D eigenvalue weighted by atomic mass is 9.59. The Bertz CT molecular complexity index is 1430. The van der Waals surface area contributed by atoms with Gasteiger partial charge in [-0.2, -0.15) is 0 Å². The topological polar surface area (TPSA) is 62.2 Å². The third-order valence-corrected chi connectivity index (χ3v) is 7.94. The number of para-hydroxylation sites is 2. The highest BCUT2D eigenvalue weighted by Crippen LogP contribution is 2.63. The number of ether oxygens (including phenoxy) is 1. The van der Waals surface area contributed by atoms with E-state index in [9.17, 15) is 9.59 Å². The fourth-order valence-corrected chi connectivity index (χ4v) is 5.90. The first-order valence-electron chi connectivity index (χ1n) is 12.3. The van der Waals surface area contributed by atoms with Crippen molar-refractivity contribution in [2.24, 2.45) is 15.8 Å². The van der Waals surface area contributed by atoms with Crippen molar-refractivity contribution in [1.82, 2.24) is 0 Å². The lowest BCUT2D eigenvalue weighted by molar-refractivity contribution is -0.151. The molecule has 36 heavy (non-hydrogen) atoms. The van der Waals surface area contributed by atoms with Gasteiger partial charge in [-0.1, -0.05) is 54.1 Å². The van der Waals surface area contributed by atoms with Crippen LogP contribution < -0.4 is 9.80 Å². The number of carbonyl (C=O) groups excluding carboxylic acids is 2. The molecule has 3 aromatic carbocycles. The first-order valence-corrected chi connectivity index (χ1v) is 12.3. The summed E-state index contributed by atoms with van der Waals surface area (Å²) < 4.78 is 6.78.